The SMILES string of the molecule is CCC(CC)(CO)CNc1c(C)ccnc1Cl. The molecule has 0 spiro atoms. The van der Waals surface area contributed by atoms with Crippen LogP contribution in [0.4, 0.5) is 5.69 Å². The van der Waals surface area contributed by atoms with Crippen molar-refractivity contribution in [1.29, 1.82) is 0 Å². The fourth-order valence-corrected chi connectivity index (χ4v) is 2.07. The minimum atomic E-state index is -0.0778. The summed E-state index contributed by atoms with van der Waals surface area (Å²) in [7, 11) is 0. The van der Waals surface area contributed by atoms with Gasteiger partial charge in [0, 0.05) is 18.2 Å². The standard InChI is InChI=1S/C13H21ClN2O/c1-4-13(5-2,9-17)8-16-11-10(3)6-7-15-12(11)14/h6-7,16-17H,4-5,8-9H2,1-3H3. The van der Waals surface area contributed by atoms with Crippen molar-refractivity contribution in [3.8, 4) is 0 Å². The lowest BCUT2D eigenvalue weighted by Gasteiger charge is -2.30. The van der Waals surface area contributed by atoms with E-state index >= 15 is 0 Å². The lowest BCUT2D eigenvalue weighted by molar-refractivity contribution is 0.127. The normalized spacial score (nSPS) is 11.6. The van der Waals surface area contributed by atoms with Crippen LogP contribution in [0.5, 0.6) is 0 Å². The maximum atomic E-state index is 9.50. The number of aliphatic hydroxyl groups is 1. The van der Waals surface area contributed by atoms with Crippen molar-refractivity contribution < 1.29 is 5.11 Å². The molecule has 0 saturated heterocycles. The number of rotatable bonds is 6. The van der Waals surface area contributed by atoms with Crippen molar-refractivity contribution in [1.82, 2.24) is 4.98 Å². The van der Waals surface area contributed by atoms with Crippen LogP contribution < -0.4 is 5.32 Å². The van der Waals surface area contributed by atoms with Crippen molar-refractivity contribution in [2.24, 2.45) is 5.41 Å². The molecular weight excluding hydrogens is 236 g/mol. The molecule has 2 N–H and O–H groups in total. The first-order valence-electron chi connectivity index (χ1n) is 6.04. The van der Waals surface area contributed by atoms with Gasteiger partial charge in [-0.05, 0) is 31.4 Å². The number of aromatic nitrogens is 1. The molecule has 17 heavy (non-hydrogen) atoms. The highest BCUT2D eigenvalue weighted by Crippen LogP contribution is 2.29. The van der Waals surface area contributed by atoms with Gasteiger partial charge >= 0.3 is 0 Å². The van der Waals surface area contributed by atoms with Crippen molar-refractivity contribution in [2.45, 2.75) is 33.6 Å². The molecular formula is C13H21ClN2O. The van der Waals surface area contributed by atoms with Gasteiger partial charge in [-0.1, -0.05) is 25.4 Å². The summed E-state index contributed by atoms with van der Waals surface area (Å²) in [6.45, 7) is 7.08. The second-order valence-corrected chi connectivity index (χ2v) is 4.87. The zero-order chi connectivity index (χ0) is 12.9. The molecule has 96 valence electrons. The minimum absolute atomic E-state index is 0.0778. The molecule has 0 radical (unpaired) electrons. The van der Waals surface area contributed by atoms with Crippen LogP contribution in [-0.4, -0.2) is 23.2 Å². The van der Waals surface area contributed by atoms with E-state index in [9.17, 15) is 5.11 Å². The Labute approximate surface area is 108 Å². The molecule has 0 saturated carbocycles. The van der Waals surface area contributed by atoms with Crippen molar-refractivity contribution in [3.63, 3.8) is 0 Å². The van der Waals surface area contributed by atoms with Gasteiger partial charge < -0.3 is 10.4 Å². The van der Waals surface area contributed by atoms with Gasteiger partial charge in [0.2, 0.25) is 0 Å². The summed E-state index contributed by atoms with van der Waals surface area (Å²) in [5.41, 5.74) is 1.86. The van der Waals surface area contributed by atoms with Crippen LogP contribution in [0, 0.1) is 12.3 Å². The predicted octanol–water partition coefficient (Wildman–Crippen LogP) is 3.25. The first kappa shape index (κ1) is 14.3. The zero-order valence-corrected chi connectivity index (χ0v) is 11.5. The maximum Gasteiger partial charge on any atom is 0.152 e. The topological polar surface area (TPSA) is 45.1 Å². The summed E-state index contributed by atoms with van der Waals surface area (Å²) >= 11 is 6.05. The van der Waals surface area contributed by atoms with Crippen molar-refractivity contribution in [3.05, 3.63) is 23.0 Å². The van der Waals surface area contributed by atoms with Gasteiger partial charge in [-0.25, -0.2) is 4.98 Å². The fourth-order valence-electron chi connectivity index (χ4n) is 1.79. The van der Waals surface area contributed by atoms with Crippen LogP contribution in [0.1, 0.15) is 32.3 Å². The van der Waals surface area contributed by atoms with E-state index in [4.69, 9.17) is 11.6 Å². The molecule has 0 aliphatic carbocycles. The number of halogens is 1. The van der Waals surface area contributed by atoms with E-state index in [2.05, 4.69) is 24.1 Å². The van der Waals surface area contributed by atoms with E-state index in [1.54, 1.807) is 6.20 Å². The molecule has 0 atom stereocenters. The van der Waals surface area contributed by atoms with Crippen LogP contribution >= 0.6 is 11.6 Å². The van der Waals surface area contributed by atoms with E-state index in [-0.39, 0.29) is 12.0 Å². The summed E-state index contributed by atoms with van der Waals surface area (Å²) in [6, 6.07) is 1.92. The Balaban J connectivity index is 2.79. The molecule has 3 nitrogen and oxygen atoms in total. The van der Waals surface area contributed by atoms with Crippen LogP contribution in [0.15, 0.2) is 12.3 Å². The summed E-state index contributed by atoms with van der Waals surface area (Å²) in [4.78, 5) is 4.06. The molecule has 0 fully saturated rings. The molecule has 1 heterocycles. The lowest BCUT2D eigenvalue weighted by Crippen LogP contribution is -2.32. The summed E-state index contributed by atoms with van der Waals surface area (Å²) < 4.78 is 0. The highest BCUT2D eigenvalue weighted by molar-refractivity contribution is 6.32. The summed E-state index contributed by atoms with van der Waals surface area (Å²) in [5.74, 6) is 0. The Morgan fingerprint density at radius 3 is 2.53 bits per heavy atom. The van der Waals surface area contributed by atoms with Gasteiger partial charge in [0.25, 0.3) is 0 Å². The Morgan fingerprint density at radius 1 is 1.41 bits per heavy atom. The predicted molar refractivity (Wildman–Crippen MR) is 72.6 cm³/mol. The molecule has 0 aliphatic rings. The number of nitrogens with zero attached hydrogens (tertiary/aromatic N) is 1. The third-order valence-electron chi connectivity index (χ3n) is 3.59. The quantitative estimate of drug-likeness (QED) is 0.768. The number of hydrogen-bond donors (Lipinski definition) is 2. The summed E-state index contributed by atoms with van der Waals surface area (Å²) in [6.07, 6.45) is 3.57. The molecule has 0 aromatic carbocycles. The lowest BCUT2D eigenvalue weighted by atomic mass is 9.83. The van der Waals surface area contributed by atoms with Crippen LogP contribution in [0.2, 0.25) is 5.15 Å². The van der Waals surface area contributed by atoms with Crippen molar-refractivity contribution in [2.75, 3.05) is 18.5 Å². The van der Waals surface area contributed by atoms with Gasteiger partial charge in [0.05, 0.1) is 12.3 Å². The Kier molecular flexibility index (Phi) is 5.22. The van der Waals surface area contributed by atoms with E-state index in [0.717, 1.165) is 24.1 Å². The van der Waals surface area contributed by atoms with Crippen LogP contribution in [0.25, 0.3) is 0 Å². The van der Waals surface area contributed by atoms with E-state index in [1.165, 1.54) is 0 Å². The molecule has 1 aromatic heterocycles. The first-order chi connectivity index (χ1) is 8.08. The Morgan fingerprint density at radius 2 is 2.06 bits per heavy atom. The van der Waals surface area contributed by atoms with Gasteiger partial charge in [-0.3, -0.25) is 0 Å². The fraction of sp³-hybridized carbons (Fsp3) is 0.615. The number of nitrogens with one attached hydrogen (secondary N) is 1. The van der Waals surface area contributed by atoms with Gasteiger partial charge in [-0.15, -0.1) is 0 Å². The number of anilines is 1. The molecule has 4 heteroatoms. The van der Waals surface area contributed by atoms with Gasteiger partial charge in [-0.2, -0.15) is 0 Å². The second kappa shape index (κ2) is 6.22. The van der Waals surface area contributed by atoms with Gasteiger partial charge in [0.15, 0.2) is 5.15 Å². The van der Waals surface area contributed by atoms with E-state index in [0.29, 0.717) is 11.7 Å². The highest BCUT2D eigenvalue weighted by Gasteiger charge is 2.25. The number of aryl methyl sites for hydroxylation is 1. The van der Waals surface area contributed by atoms with Gasteiger partial charge in [0.1, 0.15) is 0 Å². The van der Waals surface area contributed by atoms with Crippen LogP contribution in [0.3, 0.4) is 0 Å². The zero-order valence-electron chi connectivity index (χ0n) is 10.8. The molecule has 0 amide bonds. The number of aliphatic hydroxyl groups excluding tert-OH is 1. The van der Waals surface area contributed by atoms with Crippen molar-refractivity contribution >= 4 is 17.3 Å². The Hall–Kier alpha value is -0.800. The largest absolute Gasteiger partial charge is 0.396 e. The highest BCUT2D eigenvalue weighted by atomic mass is 35.5. The molecule has 0 bridgehead atoms. The third kappa shape index (κ3) is 3.33. The molecule has 0 unspecified atom stereocenters. The molecule has 1 rings (SSSR count). The number of pyridine rings is 1. The minimum Gasteiger partial charge on any atom is -0.396 e. The average Bonchev–Trinajstić information content (AvgIpc) is 2.34. The molecule has 1 aromatic rings. The Bertz CT molecular complexity index is 336. The number of hydrogen-bond acceptors (Lipinski definition) is 3. The average molecular weight is 257 g/mol. The van der Waals surface area contributed by atoms with Crippen LogP contribution in [-0.2, 0) is 0 Å². The third-order valence-corrected chi connectivity index (χ3v) is 3.88. The van der Waals surface area contributed by atoms with E-state index in [1.807, 2.05) is 13.0 Å². The first-order valence-corrected chi connectivity index (χ1v) is 6.42. The smallest absolute Gasteiger partial charge is 0.152 e. The maximum absolute atomic E-state index is 9.50. The molecule has 0 aliphatic heterocycles. The second-order valence-electron chi connectivity index (χ2n) is 4.51. The summed E-state index contributed by atoms with van der Waals surface area (Å²) in [5, 5.41) is 13.3. The van der Waals surface area contributed by atoms with E-state index < -0.39 is 0 Å². The monoisotopic (exact) mass is 256 g/mol.